The molecule has 0 aliphatic carbocycles. The average Bonchev–Trinajstić information content (AvgIpc) is 2.38. The topological polar surface area (TPSA) is 55.1 Å². The number of aliphatic hydroxyl groups is 1. The van der Waals surface area contributed by atoms with Gasteiger partial charge in [0.15, 0.2) is 5.69 Å². The minimum absolute atomic E-state index is 0.342. The number of aryl methyl sites for hydroxylation is 2. The van der Waals surface area contributed by atoms with Crippen LogP contribution >= 0.6 is 0 Å². The fraction of sp³-hybridized carbons (Fsp3) is 0.333. The van der Waals surface area contributed by atoms with Crippen molar-refractivity contribution in [1.29, 1.82) is 0 Å². The van der Waals surface area contributed by atoms with Crippen LogP contribution in [0.1, 0.15) is 28.5 Å². The molecule has 0 saturated heterocycles. The van der Waals surface area contributed by atoms with E-state index in [1.54, 1.807) is 12.1 Å². The van der Waals surface area contributed by atoms with Gasteiger partial charge in [0, 0.05) is 6.07 Å². The Bertz CT molecular complexity index is 718. The van der Waals surface area contributed by atoms with Gasteiger partial charge in [0.2, 0.25) is 0 Å². The van der Waals surface area contributed by atoms with Crippen molar-refractivity contribution in [3.8, 4) is 0 Å². The summed E-state index contributed by atoms with van der Waals surface area (Å²) in [5.74, 6) is 0. The van der Waals surface area contributed by atoms with Crippen molar-refractivity contribution in [3.05, 3.63) is 63.1 Å². The Morgan fingerprint density at radius 2 is 1.77 bits per heavy atom. The van der Waals surface area contributed by atoms with Crippen molar-refractivity contribution in [1.82, 2.24) is 9.78 Å². The first-order chi connectivity index (χ1) is 10.2. The van der Waals surface area contributed by atoms with Gasteiger partial charge in [-0.25, -0.2) is 4.68 Å². The maximum atomic E-state index is 12.6. The predicted octanol–water partition coefficient (Wildman–Crippen LogP) is 2.61. The van der Waals surface area contributed by atoms with Crippen LogP contribution in [0.3, 0.4) is 0 Å². The highest BCUT2D eigenvalue weighted by Crippen LogP contribution is 2.26. The number of alkyl halides is 3. The molecule has 0 aliphatic heterocycles. The van der Waals surface area contributed by atoms with Crippen LogP contribution < -0.4 is 5.56 Å². The normalized spacial score (nSPS) is 13.2. The lowest BCUT2D eigenvalue weighted by molar-refractivity contribution is -0.142. The van der Waals surface area contributed by atoms with E-state index in [1.807, 2.05) is 19.9 Å². The third-order valence-electron chi connectivity index (χ3n) is 3.13. The van der Waals surface area contributed by atoms with Gasteiger partial charge in [-0.2, -0.15) is 18.3 Å². The Kier molecular flexibility index (Phi) is 4.37. The molecule has 0 fully saturated rings. The number of hydrogen-bond acceptors (Lipinski definition) is 3. The van der Waals surface area contributed by atoms with Crippen LogP contribution in [0.2, 0.25) is 0 Å². The second kappa shape index (κ2) is 5.92. The molecule has 0 amide bonds. The molecule has 0 spiro atoms. The highest BCUT2D eigenvalue weighted by Gasteiger charge is 2.33. The molecule has 1 aromatic carbocycles. The Morgan fingerprint density at radius 1 is 1.18 bits per heavy atom. The standard InChI is InChI=1S/C15H15F3N2O2/c1-9-5-10(2)7-11(6-9)12(21)8-20-14(22)4-3-13(19-20)15(16,17)18/h3-7,12,21H,8H2,1-2H3. The van der Waals surface area contributed by atoms with E-state index in [0.29, 0.717) is 16.3 Å². The van der Waals surface area contributed by atoms with E-state index in [9.17, 15) is 23.1 Å². The summed E-state index contributed by atoms with van der Waals surface area (Å²) in [6.45, 7) is 3.35. The Hall–Kier alpha value is -2.15. The molecule has 7 heteroatoms. The molecule has 1 atom stereocenters. The van der Waals surface area contributed by atoms with Crippen LogP contribution in [-0.2, 0) is 12.7 Å². The second-order valence-electron chi connectivity index (χ2n) is 5.17. The maximum Gasteiger partial charge on any atom is 0.435 e. The number of halogens is 3. The van der Waals surface area contributed by atoms with Crippen molar-refractivity contribution in [3.63, 3.8) is 0 Å². The predicted molar refractivity (Wildman–Crippen MR) is 74.4 cm³/mol. The molecule has 1 aromatic heterocycles. The number of nitrogens with zero attached hydrogens (tertiary/aromatic N) is 2. The fourth-order valence-corrected chi connectivity index (χ4v) is 2.20. The van der Waals surface area contributed by atoms with Crippen LogP contribution in [0.25, 0.3) is 0 Å². The molecule has 1 unspecified atom stereocenters. The first-order valence-corrected chi connectivity index (χ1v) is 6.58. The molecule has 0 saturated carbocycles. The first kappa shape index (κ1) is 16.2. The average molecular weight is 312 g/mol. The molecule has 0 aliphatic rings. The van der Waals surface area contributed by atoms with Crippen molar-refractivity contribution in [2.24, 2.45) is 0 Å². The van der Waals surface area contributed by atoms with E-state index < -0.39 is 23.5 Å². The van der Waals surface area contributed by atoms with Gasteiger partial charge in [-0.15, -0.1) is 0 Å². The van der Waals surface area contributed by atoms with E-state index >= 15 is 0 Å². The van der Waals surface area contributed by atoms with Gasteiger partial charge >= 0.3 is 6.18 Å². The fourth-order valence-electron chi connectivity index (χ4n) is 2.20. The molecule has 1 heterocycles. The Morgan fingerprint density at radius 3 is 2.32 bits per heavy atom. The van der Waals surface area contributed by atoms with E-state index in [-0.39, 0.29) is 6.54 Å². The van der Waals surface area contributed by atoms with Gasteiger partial charge in [-0.05, 0) is 25.5 Å². The highest BCUT2D eigenvalue weighted by molar-refractivity contribution is 5.29. The highest BCUT2D eigenvalue weighted by atomic mass is 19.4. The summed E-state index contributed by atoms with van der Waals surface area (Å²) in [5.41, 5.74) is 0.497. The largest absolute Gasteiger partial charge is 0.435 e. The molecule has 22 heavy (non-hydrogen) atoms. The van der Waals surface area contributed by atoms with Crippen molar-refractivity contribution < 1.29 is 18.3 Å². The van der Waals surface area contributed by atoms with Crippen LogP contribution in [0, 0.1) is 13.8 Å². The lowest BCUT2D eigenvalue weighted by atomic mass is 10.0. The SMILES string of the molecule is Cc1cc(C)cc(C(O)Cn2nc(C(F)(F)F)ccc2=O)c1. The van der Waals surface area contributed by atoms with E-state index in [2.05, 4.69) is 5.10 Å². The molecule has 0 bridgehead atoms. The van der Waals surface area contributed by atoms with Crippen molar-refractivity contribution >= 4 is 0 Å². The lowest BCUT2D eigenvalue weighted by Gasteiger charge is -2.15. The van der Waals surface area contributed by atoms with E-state index in [4.69, 9.17) is 0 Å². The van der Waals surface area contributed by atoms with Crippen LogP contribution in [0.15, 0.2) is 35.1 Å². The summed E-state index contributed by atoms with van der Waals surface area (Å²) in [6.07, 6.45) is -5.76. The summed E-state index contributed by atoms with van der Waals surface area (Å²) in [7, 11) is 0. The van der Waals surface area contributed by atoms with Crippen LogP contribution in [-0.4, -0.2) is 14.9 Å². The summed E-state index contributed by atoms with van der Waals surface area (Å²) in [4.78, 5) is 11.6. The third kappa shape index (κ3) is 3.73. The summed E-state index contributed by atoms with van der Waals surface area (Å²) in [6, 6.07) is 6.77. The zero-order chi connectivity index (χ0) is 16.5. The number of aliphatic hydroxyl groups excluding tert-OH is 1. The van der Waals surface area contributed by atoms with Gasteiger partial charge in [0.25, 0.3) is 5.56 Å². The zero-order valence-electron chi connectivity index (χ0n) is 12.1. The molecule has 0 radical (unpaired) electrons. The Balaban J connectivity index is 2.32. The molecule has 118 valence electrons. The van der Waals surface area contributed by atoms with Gasteiger partial charge in [-0.1, -0.05) is 29.3 Å². The summed E-state index contributed by atoms with van der Waals surface area (Å²) >= 11 is 0. The Labute approximate surface area is 124 Å². The molecule has 2 aromatic rings. The number of benzene rings is 1. The molecule has 1 N–H and O–H groups in total. The third-order valence-corrected chi connectivity index (χ3v) is 3.13. The molecule has 2 rings (SSSR count). The monoisotopic (exact) mass is 312 g/mol. The van der Waals surface area contributed by atoms with Gasteiger partial charge in [0.1, 0.15) is 0 Å². The number of rotatable bonds is 3. The summed E-state index contributed by atoms with van der Waals surface area (Å²) < 4.78 is 38.5. The van der Waals surface area contributed by atoms with Crippen LogP contribution in [0.4, 0.5) is 13.2 Å². The number of aromatic nitrogens is 2. The van der Waals surface area contributed by atoms with Crippen LogP contribution in [0.5, 0.6) is 0 Å². The quantitative estimate of drug-likeness (QED) is 0.948. The molecule has 4 nitrogen and oxygen atoms in total. The van der Waals surface area contributed by atoms with Gasteiger partial charge in [0.05, 0.1) is 12.6 Å². The van der Waals surface area contributed by atoms with Gasteiger partial charge in [-0.3, -0.25) is 4.79 Å². The smallest absolute Gasteiger partial charge is 0.386 e. The second-order valence-corrected chi connectivity index (χ2v) is 5.17. The molecular weight excluding hydrogens is 297 g/mol. The molecular formula is C15H15F3N2O2. The van der Waals surface area contributed by atoms with Crippen molar-refractivity contribution in [2.75, 3.05) is 0 Å². The van der Waals surface area contributed by atoms with E-state index in [0.717, 1.165) is 17.2 Å². The minimum Gasteiger partial charge on any atom is -0.386 e. The summed E-state index contributed by atoms with van der Waals surface area (Å²) in [5, 5.41) is 13.4. The van der Waals surface area contributed by atoms with Gasteiger partial charge < -0.3 is 5.11 Å². The maximum absolute atomic E-state index is 12.6. The zero-order valence-corrected chi connectivity index (χ0v) is 12.1. The first-order valence-electron chi connectivity index (χ1n) is 6.58. The lowest BCUT2D eigenvalue weighted by Crippen LogP contribution is -2.28. The number of hydrogen-bond donors (Lipinski definition) is 1. The minimum atomic E-state index is -4.64. The van der Waals surface area contributed by atoms with E-state index in [1.165, 1.54) is 0 Å². The van der Waals surface area contributed by atoms with Crippen molar-refractivity contribution in [2.45, 2.75) is 32.7 Å².